The van der Waals surface area contributed by atoms with Gasteiger partial charge in [-0.3, -0.25) is 9.78 Å². The summed E-state index contributed by atoms with van der Waals surface area (Å²) >= 11 is 0. The molecule has 1 aliphatic carbocycles. The van der Waals surface area contributed by atoms with Crippen LogP contribution < -0.4 is 11.1 Å². The minimum absolute atomic E-state index is 0.0156. The van der Waals surface area contributed by atoms with Gasteiger partial charge in [0.05, 0.1) is 6.04 Å². The van der Waals surface area contributed by atoms with Gasteiger partial charge in [0.2, 0.25) is 5.91 Å². The summed E-state index contributed by atoms with van der Waals surface area (Å²) in [4.78, 5) is 16.2. The van der Waals surface area contributed by atoms with Gasteiger partial charge in [-0.1, -0.05) is 6.07 Å². The van der Waals surface area contributed by atoms with E-state index < -0.39 is 0 Å². The molecule has 0 spiro atoms. The predicted octanol–water partition coefficient (Wildman–Crippen LogP) is 1.78. The van der Waals surface area contributed by atoms with Crippen LogP contribution in [0.25, 0.3) is 0 Å². The molecule has 4 nitrogen and oxygen atoms in total. The van der Waals surface area contributed by atoms with Crippen LogP contribution in [-0.2, 0) is 4.79 Å². The molecule has 1 aromatic rings. The smallest absolute Gasteiger partial charge is 0.223 e. The summed E-state index contributed by atoms with van der Waals surface area (Å²) in [6, 6.07) is 4.17. The molecule has 1 amide bonds. The Kier molecular flexibility index (Phi) is 4.31. The highest BCUT2D eigenvalue weighted by Crippen LogP contribution is 2.24. The zero-order valence-corrected chi connectivity index (χ0v) is 10.8. The quantitative estimate of drug-likeness (QED) is 0.855. The predicted molar refractivity (Wildman–Crippen MR) is 70.7 cm³/mol. The van der Waals surface area contributed by atoms with Crippen LogP contribution in [0.1, 0.15) is 44.2 Å². The van der Waals surface area contributed by atoms with Crippen molar-refractivity contribution >= 4 is 5.91 Å². The van der Waals surface area contributed by atoms with Gasteiger partial charge in [0.15, 0.2) is 0 Å². The summed E-state index contributed by atoms with van der Waals surface area (Å²) in [7, 11) is 0. The first-order valence-corrected chi connectivity index (χ1v) is 6.62. The molecule has 1 aromatic heterocycles. The Balaban J connectivity index is 1.87. The summed E-state index contributed by atoms with van der Waals surface area (Å²) < 4.78 is 0. The van der Waals surface area contributed by atoms with Gasteiger partial charge in [-0.2, -0.15) is 0 Å². The first-order valence-electron chi connectivity index (χ1n) is 6.62. The third kappa shape index (κ3) is 3.29. The molecule has 0 aliphatic heterocycles. The molecule has 0 bridgehead atoms. The molecule has 4 heteroatoms. The molecular formula is C14H21N3O. The van der Waals surface area contributed by atoms with Gasteiger partial charge in [-0.15, -0.1) is 0 Å². The fourth-order valence-corrected chi connectivity index (χ4v) is 2.43. The first kappa shape index (κ1) is 13.0. The molecule has 1 saturated carbocycles. The molecule has 18 heavy (non-hydrogen) atoms. The average molecular weight is 247 g/mol. The Morgan fingerprint density at radius 2 is 2.17 bits per heavy atom. The molecule has 1 aliphatic rings. The van der Waals surface area contributed by atoms with Crippen LogP contribution in [0.15, 0.2) is 24.5 Å². The maximum atomic E-state index is 12.1. The van der Waals surface area contributed by atoms with Gasteiger partial charge in [0, 0.05) is 24.4 Å². The zero-order valence-electron chi connectivity index (χ0n) is 10.8. The van der Waals surface area contributed by atoms with E-state index in [1.165, 1.54) is 0 Å². The molecule has 0 radical (unpaired) electrons. The van der Waals surface area contributed by atoms with Crippen LogP contribution in [0.2, 0.25) is 0 Å². The molecule has 0 unspecified atom stereocenters. The van der Waals surface area contributed by atoms with E-state index in [-0.39, 0.29) is 23.9 Å². The van der Waals surface area contributed by atoms with Crippen LogP contribution in [0.4, 0.5) is 0 Å². The van der Waals surface area contributed by atoms with Crippen molar-refractivity contribution in [1.82, 2.24) is 10.3 Å². The summed E-state index contributed by atoms with van der Waals surface area (Å²) in [6.45, 7) is 1.99. The largest absolute Gasteiger partial charge is 0.349 e. The van der Waals surface area contributed by atoms with Crippen LogP contribution in [-0.4, -0.2) is 16.9 Å². The number of aromatic nitrogens is 1. The Morgan fingerprint density at radius 3 is 2.78 bits per heavy atom. The number of pyridine rings is 1. The van der Waals surface area contributed by atoms with Crippen LogP contribution in [0.5, 0.6) is 0 Å². The number of nitrogens with two attached hydrogens (primary N) is 1. The third-order valence-electron chi connectivity index (χ3n) is 3.69. The van der Waals surface area contributed by atoms with Gasteiger partial charge in [0.1, 0.15) is 0 Å². The lowest BCUT2D eigenvalue weighted by Gasteiger charge is -2.26. The number of nitrogens with one attached hydrogen (secondary N) is 1. The summed E-state index contributed by atoms with van der Waals surface area (Å²) in [5.41, 5.74) is 6.89. The van der Waals surface area contributed by atoms with E-state index in [1.54, 1.807) is 12.4 Å². The van der Waals surface area contributed by atoms with Gasteiger partial charge < -0.3 is 11.1 Å². The standard InChI is InChI=1S/C14H21N3O/c1-10(12-3-2-8-16-9-12)17-14(18)11-4-6-13(15)7-5-11/h2-3,8-11,13H,4-7,15H2,1H3,(H,17,18)/t10-,11-,13-/m1/s1. The Labute approximate surface area is 108 Å². The molecule has 1 atom stereocenters. The van der Waals surface area contributed by atoms with Crippen molar-refractivity contribution in [1.29, 1.82) is 0 Å². The molecule has 1 heterocycles. The number of rotatable bonds is 3. The number of hydrogen-bond donors (Lipinski definition) is 2. The minimum atomic E-state index is 0.0156. The van der Waals surface area contributed by atoms with Crippen molar-refractivity contribution < 1.29 is 4.79 Å². The molecular weight excluding hydrogens is 226 g/mol. The van der Waals surface area contributed by atoms with E-state index in [0.29, 0.717) is 0 Å². The van der Waals surface area contributed by atoms with Gasteiger partial charge >= 0.3 is 0 Å². The van der Waals surface area contributed by atoms with Crippen LogP contribution in [0, 0.1) is 5.92 Å². The van der Waals surface area contributed by atoms with Crippen molar-refractivity contribution in [3.8, 4) is 0 Å². The van der Waals surface area contributed by atoms with Crippen LogP contribution in [0.3, 0.4) is 0 Å². The summed E-state index contributed by atoms with van der Waals surface area (Å²) in [5.74, 6) is 0.280. The van der Waals surface area contributed by atoms with E-state index in [1.807, 2.05) is 19.1 Å². The Bertz CT molecular complexity index is 385. The second-order valence-corrected chi connectivity index (χ2v) is 5.13. The molecule has 2 rings (SSSR count). The first-order chi connectivity index (χ1) is 8.66. The van der Waals surface area contributed by atoms with E-state index in [0.717, 1.165) is 31.2 Å². The fraction of sp³-hybridized carbons (Fsp3) is 0.571. The number of hydrogen-bond acceptors (Lipinski definition) is 3. The zero-order chi connectivity index (χ0) is 13.0. The SMILES string of the molecule is C[C@@H](NC(=O)[C@H]1CC[C@H](N)CC1)c1cccnc1. The van der Waals surface area contributed by atoms with Gasteiger partial charge in [-0.05, 0) is 44.2 Å². The topological polar surface area (TPSA) is 68.0 Å². The third-order valence-corrected chi connectivity index (χ3v) is 3.69. The highest BCUT2D eigenvalue weighted by atomic mass is 16.1. The van der Waals surface area contributed by atoms with E-state index in [2.05, 4.69) is 10.3 Å². The number of nitrogens with zero attached hydrogens (tertiary/aromatic N) is 1. The second kappa shape index (κ2) is 5.96. The maximum Gasteiger partial charge on any atom is 0.223 e. The van der Waals surface area contributed by atoms with Crippen molar-refractivity contribution in [3.63, 3.8) is 0 Å². The second-order valence-electron chi connectivity index (χ2n) is 5.13. The molecule has 98 valence electrons. The Hall–Kier alpha value is -1.42. The van der Waals surface area contributed by atoms with E-state index in [9.17, 15) is 4.79 Å². The molecule has 0 saturated heterocycles. The number of carbonyl (C=O) groups is 1. The maximum absolute atomic E-state index is 12.1. The monoisotopic (exact) mass is 247 g/mol. The van der Waals surface area contributed by atoms with Crippen molar-refractivity contribution in [3.05, 3.63) is 30.1 Å². The average Bonchev–Trinajstić information content (AvgIpc) is 2.40. The van der Waals surface area contributed by atoms with Crippen LogP contribution >= 0.6 is 0 Å². The summed E-state index contributed by atoms with van der Waals surface area (Å²) in [5, 5.41) is 3.06. The lowest BCUT2D eigenvalue weighted by molar-refractivity contribution is -0.126. The number of carbonyl (C=O) groups excluding carboxylic acids is 1. The molecule has 3 N–H and O–H groups in total. The van der Waals surface area contributed by atoms with Gasteiger partial charge in [0.25, 0.3) is 0 Å². The lowest BCUT2D eigenvalue weighted by Crippen LogP contribution is -2.37. The van der Waals surface area contributed by atoms with E-state index in [4.69, 9.17) is 5.73 Å². The highest BCUT2D eigenvalue weighted by Gasteiger charge is 2.25. The fourth-order valence-electron chi connectivity index (χ4n) is 2.43. The summed E-state index contributed by atoms with van der Waals surface area (Å²) in [6.07, 6.45) is 7.26. The molecule has 1 fully saturated rings. The van der Waals surface area contributed by atoms with Crippen molar-refractivity contribution in [2.75, 3.05) is 0 Å². The highest BCUT2D eigenvalue weighted by molar-refractivity contribution is 5.79. The number of amides is 1. The van der Waals surface area contributed by atoms with Crippen molar-refractivity contribution in [2.24, 2.45) is 11.7 Å². The van der Waals surface area contributed by atoms with E-state index >= 15 is 0 Å². The molecule has 0 aromatic carbocycles. The minimum Gasteiger partial charge on any atom is -0.349 e. The Morgan fingerprint density at radius 1 is 1.44 bits per heavy atom. The lowest BCUT2D eigenvalue weighted by atomic mass is 9.86. The van der Waals surface area contributed by atoms with Gasteiger partial charge in [-0.25, -0.2) is 0 Å². The van der Waals surface area contributed by atoms with Crippen molar-refractivity contribution in [2.45, 2.75) is 44.7 Å². The normalized spacial score (nSPS) is 25.4.